The van der Waals surface area contributed by atoms with Gasteiger partial charge in [-0.15, -0.1) is 0 Å². The third kappa shape index (κ3) is 4.30. The van der Waals surface area contributed by atoms with Crippen LogP contribution in [0.25, 0.3) is 0 Å². The minimum atomic E-state index is -0.503. The van der Waals surface area contributed by atoms with Crippen LogP contribution in [0.1, 0.15) is 34.5 Å². The van der Waals surface area contributed by atoms with Crippen molar-refractivity contribution >= 4 is 23.5 Å². The maximum atomic E-state index is 13.0. The molecule has 1 fully saturated rings. The molecule has 4 rings (SSSR count). The molecule has 0 spiro atoms. The summed E-state index contributed by atoms with van der Waals surface area (Å²) in [5, 5.41) is 0.622. The summed E-state index contributed by atoms with van der Waals surface area (Å²) in [5.74, 6) is 0.610. The van der Waals surface area contributed by atoms with E-state index in [0.717, 1.165) is 23.3 Å². The Labute approximate surface area is 181 Å². The summed E-state index contributed by atoms with van der Waals surface area (Å²) >= 11 is 6.01. The van der Waals surface area contributed by atoms with E-state index in [9.17, 15) is 9.59 Å². The fraction of sp³-hybridized carbons (Fsp3) is 0.391. The van der Waals surface area contributed by atoms with Crippen molar-refractivity contribution in [1.29, 1.82) is 0 Å². The zero-order chi connectivity index (χ0) is 21.1. The molecule has 1 atom stereocenters. The van der Waals surface area contributed by atoms with E-state index in [1.165, 1.54) is 0 Å². The normalized spacial score (nSPS) is 17.2. The van der Waals surface area contributed by atoms with Crippen molar-refractivity contribution in [2.75, 3.05) is 39.4 Å². The number of halogens is 1. The second kappa shape index (κ2) is 9.06. The van der Waals surface area contributed by atoms with E-state index in [0.29, 0.717) is 50.0 Å². The van der Waals surface area contributed by atoms with Gasteiger partial charge in [0.2, 0.25) is 0 Å². The number of fused-ring (bicyclic) bond motifs is 1. The first-order valence-corrected chi connectivity index (χ1v) is 10.7. The van der Waals surface area contributed by atoms with Gasteiger partial charge < -0.3 is 14.4 Å². The summed E-state index contributed by atoms with van der Waals surface area (Å²) in [7, 11) is 0. The average Bonchev–Trinajstić information content (AvgIpc) is 3.23. The standard InChI is InChI=1S/C23H25ClN2O4/c1-2-29-23(28)21(16-3-6-19(24)7-4-16)25-10-12-26(13-11-25)22(27)18-5-8-20-17(15-18)9-14-30-20/h3-8,15,21H,2,9-14H2,1H3. The van der Waals surface area contributed by atoms with Gasteiger partial charge in [-0.1, -0.05) is 23.7 Å². The number of carbonyl (C=O) groups is 2. The van der Waals surface area contributed by atoms with E-state index in [2.05, 4.69) is 4.90 Å². The maximum Gasteiger partial charge on any atom is 0.328 e. The molecule has 1 unspecified atom stereocenters. The van der Waals surface area contributed by atoms with Crippen molar-refractivity contribution in [3.05, 3.63) is 64.2 Å². The first-order chi connectivity index (χ1) is 14.6. The van der Waals surface area contributed by atoms with Gasteiger partial charge in [0.1, 0.15) is 11.8 Å². The van der Waals surface area contributed by atoms with Crippen LogP contribution in [0.2, 0.25) is 5.02 Å². The average molecular weight is 429 g/mol. The quantitative estimate of drug-likeness (QED) is 0.683. The van der Waals surface area contributed by atoms with E-state index in [1.54, 1.807) is 19.1 Å². The predicted octanol–water partition coefficient (Wildman–Crippen LogP) is 3.34. The van der Waals surface area contributed by atoms with Gasteiger partial charge in [-0.05, 0) is 48.4 Å². The summed E-state index contributed by atoms with van der Waals surface area (Å²) in [4.78, 5) is 29.6. The topological polar surface area (TPSA) is 59.1 Å². The van der Waals surface area contributed by atoms with Crippen molar-refractivity contribution in [3.63, 3.8) is 0 Å². The van der Waals surface area contributed by atoms with Crippen LogP contribution in [0.15, 0.2) is 42.5 Å². The molecular formula is C23H25ClN2O4. The predicted molar refractivity (Wildman–Crippen MR) is 114 cm³/mol. The number of hydrogen-bond acceptors (Lipinski definition) is 5. The smallest absolute Gasteiger partial charge is 0.328 e. The Morgan fingerprint density at radius 1 is 1.10 bits per heavy atom. The number of amides is 1. The van der Waals surface area contributed by atoms with Crippen LogP contribution in [0.5, 0.6) is 5.75 Å². The Kier molecular flexibility index (Phi) is 6.25. The molecular weight excluding hydrogens is 404 g/mol. The summed E-state index contributed by atoms with van der Waals surface area (Å²) in [6.45, 7) is 5.08. The molecule has 30 heavy (non-hydrogen) atoms. The molecule has 2 aromatic rings. The maximum absolute atomic E-state index is 13.0. The van der Waals surface area contributed by atoms with Crippen LogP contribution >= 0.6 is 11.6 Å². The minimum Gasteiger partial charge on any atom is -0.493 e. The minimum absolute atomic E-state index is 0.0172. The van der Waals surface area contributed by atoms with Crippen molar-refractivity contribution < 1.29 is 19.1 Å². The molecule has 7 heteroatoms. The number of ether oxygens (including phenoxy) is 2. The number of rotatable bonds is 5. The van der Waals surface area contributed by atoms with Gasteiger partial charge in [-0.3, -0.25) is 9.69 Å². The van der Waals surface area contributed by atoms with E-state index >= 15 is 0 Å². The second-order valence-corrected chi connectivity index (χ2v) is 7.89. The zero-order valence-corrected chi connectivity index (χ0v) is 17.7. The van der Waals surface area contributed by atoms with E-state index < -0.39 is 6.04 Å². The lowest BCUT2D eigenvalue weighted by molar-refractivity contribution is -0.150. The first-order valence-electron chi connectivity index (χ1n) is 10.3. The molecule has 1 amide bonds. The second-order valence-electron chi connectivity index (χ2n) is 7.46. The largest absolute Gasteiger partial charge is 0.493 e. The highest BCUT2D eigenvalue weighted by molar-refractivity contribution is 6.30. The van der Waals surface area contributed by atoms with E-state index in [1.807, 2.05) is 35.2 Å². The molecule has 0 N–H and O–H groups in total. The van der Waals surface area contributed by atoms with Crippen molar-refractivity contribution in [1.82, 2.24) is 9.80 Å². The Morgan fingerprint density at radius 3 is 2.53 bits per heavy atom. The van der Waals surface area contributed by atoms with Gasteiger partial charge in [-0.25, -0.2) is 4.79 Å². The molecule has 1 saturated heterocycles. The molecule has 6 nitrogen and oxygen atoms in total. The summed E-state index contributed by atoms with van der Waals surface area (Å²) in [5.41, 5.74) is 2.62. The lowest BCUT2D eigenvalue weighted by atomic mass is 10.0. The van der Waals surface area contributed by atoms with Gasteiger partial charge in [0, 0.05) is 43.2 Å². The van der Waals surface area contributed by atoms with Crippen LogP contribution < -0.4 is 4.74 Å². The third-order valence-electron chi connectivity index (χ3n) is 5.60. The number of carbonyl (C=O) groups excluding carboxylic acids is 2. The molecule has 0 radical (unpaired) electrons. The highest BCUT2D eigenvalue weighted by atomic mass is 35.5. The first kappa shape index (κ1) is 20.7. The van der Waals surface area contributed by atoms with E-state index in [4.69, 9.17) is 21.1 Å². The highest BCUT2D eigenvalue weighted by Gasteiger charge is 2.33. The van der Waals surface area contributed by atoms with Crippen molar-refractivity contribution in [2.45, 2.75) is 19.4 Å². The van der Waals surface area contributed by atoms with Crippen LogP contribution in [0, 0.1) is 0 Å². The van der Waals surface area contributed by atoms with Crippen LogP contribution in [0.3, 0.4) is 0 Å². The Bertz CT molecular complexity index is 923. The number of esters is 1. The van der Waals surface area contributed by atoms with Crippen molar-refractivity contribution in [2.24, 2.45) is 0 Å². The number of nitrogens with zero attached hydrogens (tertiary/aromatic N) is 2. The highest BCUT2D eigenvalue weighted by Crippen LogP contribution is 2.28. The number of piperazine rings is 1. The zero-order valence-electron chi connectivity index (χ0n) is 17.0. The van der Waals surface area contributed by atoms with Gasteiger partial charge >= 0.3 is 5.97 Å². The van der Waals surface area contributed by atoms with Gasteiger partial charge in [-0.2, -0.15) is 0 Å². The Balaban J connectivity index is 1.45. The number of hydrogen-bond donors (Lipinski definition) is 0. The lowest BCUT2D eigenvalue weighted by Crippen LogP contribution is -2.51. The van der Waals surface area contributed by atoms with E-state index in [-0.39, 0.29) is 11.9 Å². The molecule has 2 aliphatic rings. The third-order valence-corrected chi connectivity index (χ3v) is 5.85. The van der Waals surface area contributed by atoms with Crippen LogP contribution in [0.4, 0.5) is 0 Å². The molecule has 0 aliphatic carbocycles. The van der Waals surface area contributed by atoms with Gasteiger partial charge in [0.05, 0.1) is 13.2 Å². The molecule has 0 saturated carbocycles. The fourth-order valence-electron chi connectivity index (χ4n) is 4.05. The summed E-state index contributed by atoms with van der Waals surface area (Å²) in [6.07, 6.45) is 0.840. The van der Waals surface area contributed by atoms with Crippen molar-refractivity contribution in [3.8, 4) is 5.75 Å². The molecule has 0 bridgehead atoms. The van der Waals surface area contributed by atoms with Crippen LogP contribution in [-0.4, -0.2) is 61.1 Å². The van der Waals surface area contributed by atoms with Crippen LogP contribution in [-0.2, 0) is 16.0 Å². The molecule has 2 aliphatic heterocycles. The summed E-state index contributed by atoms with van der Waals surface area (Å²) in [6, 6.07) is 12.4. The SMILES string of the molecule is CCOC(=O)C(c1ccc(Cl)cc1)N1CCN(C(=O)c2ccc3c(c2)CCO3)CC1. The monoisotopic (exact) mass is 428 g/mol. The Morgan fingerprint density at radius 2 is 1.83 bits per heavy atom. The molecule has 158 valence electrons. The van der Waals surface area contributed by atoms with Gasteiger partial charge in [0.15, 0.2) is 0 Å². The molecule has 2 heterocycles. The Hall–Kier alpha value is -2.57. The molecule has 0 aromatic heterocycles. The number of benzene rings is 2. The molecule has 2 aromatic carbocycles. The summed E-state index contributed by atoms with van der Waals surface area (Å²) < 4.78 is 10.8. The fourth-order valence-corrected chi connectivity index (χ4v) is 4.17. The lowest BCUT2D eigenvalue weighted by Gasteiger charge is -2.38. The van der Waals surface area contributed by atoms with Gasteiger partial charge in [0.25, 0.3) is 5.91 Å².